The summed E-state index contributed by atoms with van der Waals surface area (Å²) in [5.74, 6) is 0.261. The fourth-order valence-corrected chi connectivity index (χ4v) is 6.87. The molecule has 0 saturated carbocycles. The molecule has 0 aromatic heterocycles. The van der Waals surface area contributed by atoms with E-state index >= 15 is 0 Å². The third-order valence-corrected chi connectivity index (χ3v) is 9.48. The topological polar surface area (TPSA) is 138 Å². The van der Waals surface area contributed by atoms with Gasteiger partial charge in [-0.2, -0.15) is 4.31 Å². The summed E-state index contributed by atoms with van der Waals surface area (Å²) in [7, 11) is -0.708. The van der Waals surface area contributed by atoms with Crippen LogP contribution in [0.4, 0.5) is 0 Å². The van der Waals surface area contributed by atoms with E-state index in [2.05, 4.69) is 5.32 Å². The number of likely N-dealkylation sites (N-methyl/N-ethyl adjacent to an activating group) is 1. The molecule has 2 heterocycles. The number of hydrogen-bond donors (Lipinski definition) is 2. The van der Waals surface area contributed by atoms with Crippen LogP contribution in [0, 0.1) is 5.92 Å². The van der Waals surface area contributed by atoms with Crippen LogP contribution in [0.15, 0.2) is 53.4 Å². The number of ether oxygens (including phenoxy) is 3. The van der Waals surface area contributed by atoms with Crippen LogP contribution in [0.1, 0.15) is 25.8 Å². The molecule has 2 aromatic rings. The van der Waals surface area contributed by atoms with Gasteiger partial charge in [0.25, 0.3) is 0 Å². The number of benzene rings is 2. The molecule has 0 spiro atoms. The smallest absolute Gasteiger partial charge is 0.243 e. The fourth-order valence-electron chi connectivity index (χ4n) is 5.23. The normalized spacial score (nSPS) is 17.7. The van der Waals surface area contributed by atoms with E-state index < -0.39 is 22.2 Å². The zero-order valence-electron chi connectivity index (χ0n) is 25.8. The van der Waals surface area contributed by atoms with Crippen LogP contribution < -0.4 is 14.8 Å². The van der Waals surface area contributed by atoms with Gasteiger partial charge >= 0.3 is 0 Å². The van der Waals surface area contributed by atoms with Crippen LogP contribution in [0.25, 0.3) is 0 Å². The molecule has 3 atom stereocenters. The Kier molecular flexibility index (Phi) is 11.6. The van der Waals surface area contributed by atoms with E-state index in [0.29, 0.717) is 31.1 Å². The number of nitrogens with one attached hydrogen (secondary N) is 1. The maximum absolute atomic E-state index is 13.8. The van der Waals surface area contributed by atoms with Crippen LogP contribution in [-0.2, 0) is 30.8 Å². The van der Waals surface area contributed by atoms with Gasteiger partial charge in [-0.15, -0.1) is 0 Å². The Hall–Kier alpha value is -3.23. The van der Waals surface area contributed by atoms with E-state index in [4.69, 9.17) is 14.2 Å². The quantitative estimate of drug-likeness (QED) is 0.298. The molecule has 1 saturated heterocycles. The first-order valence-electron chi connectivity index (χ1n) is 14.9. The van der Waals surface area contributed by atoms with E-state index in [1.54, 1.807) is 25.1 Å². The molecule has 0 aliphatic carbocycles. The Labute approximate surface area is 259 Å². The Morgan fingerprint density at radius 2 is 1.75 bits per heavy atom. The SMILES string of the molecule is CC(C)CN(C[C@@H](O)[C@H](Cc1ccccc1)NC(=O)CN(CC(=O)N(C)C)[C@H]1CCOC1)S(=O)(=O)c1ccc2c(c1)OCO2. The Bertz CT molecular complexity index is 1370. The lowest BCUT2D eigenvalue weighted by Crippen LogP contribution is -2.54. The molecular formula is C31H44N4O8S. The number of hydrogen-bond acceptors (Lipinski definition) is 9. The lowest BCUT2D eigenvalue weighted by molar-refractivity contribution is -0.132. The molecule has 0 radical (unpaired) electrons. The number of rotatable bonds is 15. The predicted octanol–water partition coefficient (Wildman–Crippen LogP) is 1.33. The first kappa shape index (κ1) is 33.7. The van der Waals surface area contributed by atoms with Crippen LogP contribution >= 0.6 is 0 Å². The lowest BCUT2D eigenvalue weighted by atomic mass is 10.0. The third-order valence-electron chi connectivity index (χ3n) is 7.66. The number of sulfonamides is 1. The predicted molar refractivity (Wildman–Crippen MR) is 164 cm³/mol. The highest BCUT2D eigenvalue weighted by Crippen LogP contribution is 2.35. The zero-order chi connectivity index (χ0) is 31.9. The van der Waals surface area contributed by atoms with Gasteiger partial charge < -0.3 is 29.5 Å². The number of carbonyl (C=O) groups excluding carboxylic acids is 2. The van der Waals surface area contributed by atoms with Crippen molar-refractivity contribution in [2.45, 2.75) is 49.8 Å². The Morgan fingerprint density at radius 1 is 1.02 bits per heavy atom. The first-order valence-corrected chi connectivity index (χ1v) is 16.3. The third kappa shape index (κ3) is 8.91. The summed E-state index contributed by atoms with van der Waals surface area (Å²) in [4.78, 5) is 29.3. The molecular weight excluding hydrogens is 588 g/mol. The average molecular weight is 633 g/mol. The molecule has 2 aliphatic heterocycles. The van der Waals surface area contributed by atoms with Crippen LogP contribution in [0.2, 0.25) is 0 Å². The highest BCUT2D eigenvalue weighted by atomic mass is 32.2. The second-order valence-electron chi connectivity index (χ2n) is 11.9. The molecule has 0 bridgehead atoms. The molecule has 2 aromatic carbocycles. The van der Waals surface area contributed by atoms with Gasteiger partial charge in [0.1, 0.15) is 0 Å². The molecule has 0 unspecified atom stereocenters. The van der Waals surface area contributed by atoms with Gasteiger partial charge in [0.15, 0.2) is 11.5 Å². The number of nitrogens with zero attached hydrogens (tertiary/aromatic N) is 3. The number of carbonyl (C=O) groups is 2. The molecule has 4 rings (SSSR count). The van der Waals surface area contributed by atoms with Crippen molar-refractivity contribution >= 4 is 21.8 Å². The lowest BCUT2D eigenvalue weighted by Gasteiger charge is -2.32. The summed E-state index contributed by atoms with van der Waals surface area (Å²) >= 11 is 0. The van der Waals surface area contributed by atoms with Crippen LogP contribution in [0.3, 0.4) is 0 Å². The van der Waals surface area contributed by atoms with Gasteiger partial charge in [-0.05, 0) is 36.5 Å². The van der Waals surface area contributed by atoms with Crippen molar-refractivity contribution in [3.05, 3.63) is 54.1 Å². The summed E-state index contributed by atoms with van der Waals surface area (Å²) in [5.41, 5.74) is 0.870. The molecule has 242 valence electrons. The largest absolute Gasteiger partial charge is 0.454 e. The van der Waals surface area contributed by atoms with Gasteiger partial charge in [0.2, 0.25) is 28.6 Å². The van der Waals surface area contributed by atoms with E-state index in [1.165, 1.54) is 21.3 Å². The van der Waals surface area contributed by atoms with Crippen molar-refractivity contribution in [1.82, 2.24) is 19.4 Å². The van der Waals surface area contributed by atoms with E-state index in [-0.39, 0.29) is 68.1 Å². The number of aliphatic hydroxyl groups excluding tert-OH is 1. The minimum atomic E-state index is -4.04. The summed E-state index contributed by atoms with van der Waals surface area (Å²) < 4.78 is 45.2. The Balaban J connectivity index is 1.54. The number of aliphatic hydroxyl groups is 1. The second-order valence-corrected chi connectivity index (χ2v) is 13.8. The standard InChI is InChI=1S/C31H44N4O8S/c1-22(2)16-35(44(39,40)25-10-11-28-29(15-25)43-21-42-28)17-27(36)26(14-23-8-6-5-7-9-23)32-30(37)18-34(19-31(38)33(3)4)24-12-13-41-20-24/h5-11,15,22,24,26-27,36H,12-14,16-21H2,1-4H3,(H,32,37)/t24-,26-,27+/m0/s1. The van der Waals surface area contributed by atoms with Crippen molar-refractivity contribution in [3.63, 3.8) is 0 Å². The summed E-state index contributed by atoms with van der Waals surface area (Å²) in [6.07, 6.45) is -0.268. The van der Waals surface area contributed by atoms with Crippen molar-refractivity contribution in [2.24, 2.45) is 5.92 Å². The van der Waals surface area contributed by atoms with Crippen molar-refractivity contribution in [3.8, 4) is 11.5 Å². The number of fused-ring (bicyclic) bond motifs is 1. The summed E-state index contributed by atoms with van der Waals surface area (Å²) in [5, 5.41) is 14.5. The maximum Gasteiger partial charge on any atom is 0.243 e. The van der Waals surface area contributed by atoms with Gasteiger partial charge in [-0.25, -0.2) is 8.42 Å². The average Bonchev–Trinajstić information content (AvgIpc) is 3.68. The van der Waals surface area contributed by atoms with E-state index in [1.807, 2.05) is 44.2 Å². The van der Waals surface area contributed by atoms with Crippen molar-refractivity contribution < 1.29 is 37.3 Å². The summed E-state index contributed by atoms with van der Waals surface area (Å²) in [6.45, 7) is 4.68. The maximum atomic E-state index is 13.8. The van der Waals surface area contributed by atoms with Gasteiger partial charge in [0.05, 0.1) is 36.7 Å². The van der Waals surface area contributed by atoms with Gasteiger partial charge in [-0.1, -0.05) is 44.2 Å². The molecule has 12 nitrogen and oxygen atoms in total. The first-order chi connectivity index (χ1) is 20.9. The van der Waals surface area contributed by atoms with E-state index in [9.17, 15) is 23.1 Å². The molecule has 44 heavy (non-hydrogen) atoms. The van der Waals surface area contributed by atoms with Crippen LogP contribution in [0.5, 0.6) is 11.5 Å². The van der Waals surface area contributed by atoms with Crippen molar-refractivity contribution in [1.29, 1.82) is 0 Å². The molecule has 2 N–H and O–H groups in total. The minimum absolute atomic E-state index is 0.0165. The molecule has 2 amide bonds. The van der Waals surface area contributed by atoms with E-state index in [0.717, 1.165) is 5.56 Å². The molecule has 1 fully saturated rings. The monoisotopic (exact) mass is 632 g/mol. The zero-order valence-corrected chi connectivity index (χ0v) is 26.7. The van der Waals surface area contributed by atoms with Gasteiger partial charge in [-0.3, -0.25) is 14.5 Å². The molecule has 13 heteroatoms. The highest BCUT2D eigenvalue weighted by Gasteiger charge is 2.33. The summed E-state index contributed by atoms with van der Waals surface area (Å²) in [6, 6.07) is 12.9. The number of amides is 2. The fraction of sp³-hybridized carbons (Fsp3) is 0.548. The second kappa shape index (κ2) is 15.2. The highest BCUT2D eigenvalue weighted by molar-refractivity contribution is 7.89. The van der Waals surface area contributed by atoms with Gasteiger partial charge in [0, 0.05) is 45.9 Å². The van der Waals surface area contributed by atoms with Crippen molar-refractivity contribution in [2.75, 3.05) is 60.3 Å². The molecule has 2 aliphatic rings. The minimum Gasteiger partial charge on any atom is -0.454 e. The Morgan fingerprint density at radius 3 is 2.41 bits per heavy atom. The van der Waals surface area contributed by atoms with Crippen LogP contribution in [-0.4, -0.2) is 118 Å².